The predicted molar refractivity (Wildman–Crippen MR) is 83.8 cm³/mol. The molecule has 1 saturated heterocycles. The van der Waals surface area contributed by atoms with Crippen LogP contribution in [0.2, 0.25) is 0 Å². The van der Waals surface area contributed by atoms with Crippen LogP contribution in [0, 0.1) is 0 Å². The van der Waals surface area contributed by atoms with E-state index in [1.54, 1.807) is 0 Å². The summed E-state index contributed by atoms with van der Waals surface area (Å²) in [6.45, 7) is 5.28. The Kier molecular flexibility index (Phi) is 9.02. The second-order valence-corrected chi connectivity index (χ2v) is 4.68. The molecule has 0 spiro atoms. The van der Waals surface area contributed by atoms with Gasteiger partial charge in [0.2, 0.25) is 0 Å². The maximum atomic E-state index is 11.9. The molecule has 1 aromatic carbocycles. The smallest absolute Gasteiger partial charge is 0.164 e. The molecular weight excluding hydrogens is 283 g/mol. The Morgan fingerprint density at radius 1 is 1.05 bits per heavy atom. The van der Waals surface area contributed by atoms with E-state index in [2.05, 4.69) is 16.8 Å². The largest absolute Gasteiger partial charge is 0.304 e. The lowest BCUT2D eigenvalue weighted by Gasteiger charge is -2.32. The van der Waals surface area contributed by atoms with E-state index in [-0.39, 0.29) is 30.6 Å². The molecule has 0 N–H and O–H groups in total. The lowest BCUT2D eigenvalue weighted by atomic mass is 10.1. The first kappa shape index (κ1) is 18.4. The molecule has 2 rings (SSSR count). The fourth-order valence-electron chi connectivity index (χ4n) is 2.10. The summed E-state index contributed by atoms with van der Waals surface area (Å²) in [5.74, 6) is 0.254. The molecule has 108 valence electrons. The van der Waals surface area contributed by atoms with Crippen LogP contribution in [0.4, 0.5) is 0 Å². The van der Waals surface area contributed by atoms with Crippen LogP contribution in [-0.2, 0) is 0 Å². The van der Waals surface area contributed by atoms with Crippen molar-refractivity contribution in [3.8, 4) is 0 Å². The molecule has 1 heterocycles. The Hall–Kier alpha value is -0.610. The lowest BCUT2D eigenvalue weighted by Crippen LogP contribution is -2.45. The molecule has 1 fully saturated rings. The number of halogens is 2. The Morgan fingerprint density at radius 3 is 2.21 bits per heavy atom. The number of rotatable bonds is 4. The van der Waals surface area contributed by atoms with E-state index in [9.17, 15) is 4.79 Å². The standard InChI is InChI=1S/C14H20N2O.2ClH/c1-15-9-11-16(12-10-15)8-7-14(17)13-5-3-2-4-6-13;;/h2-6H,7-12H2,1H3;2*1H. The maximum absolute atomic E-state index is 11.9. The van der Waals surface area contributed by atoms with Crippen LogP contribution in [0.5, 0.6) is 0 Å². The van der Waals surface area contributed by atoms with Gasteiger partial charge in [0.1, 0.15) is 0 Å². The number of hydrogen-bond acceptors (Lipinski definition) is 3. The van der Waals surface area contributed by atoms with Crippen LogP contribution in [0.3, 0.4) is 0 Å². The Labute approximate surface area is 127 Å². The normalized spacial score (nSPS) is 16.3. The molecule has 0 bridgehead atoms. The van der Waals surface area contributed by atoms with Gasteiger partial charge in [0.15, 0.2) is 5.78 Å². The van der Waals surface area contributed by atoms with Crippen molar-refractivity contribution in [2.24, 2.45) is 0 Å². The average molecular weight is 305 g/mol. The van der Waals surface area contributed by atoms with Crippen molar-refractivity contribution in [3.63, 3.8) is 0 Å². The molecule has 1 aliphatic heterocycles. The first-order valence-electron chi connectivity index (χ1n) is 6.25. The zero-order valence-electron chi connectivity index (χ0n) is 11.2. The number of Topliss-reactive ketones (excluding diaryl/α,β-unsaturated/α-hetero) is 1. The molecule has 0 saturated carbocycles. The molecule has 1 aromatic rings. The number of carbonyl (C=O) groups excluding carboxylic acids is 1. The molecule has 0 aromatic heterocycles. The Morgan fingerprint density at radius 2 is 1.63 bits per heavy atom. The van der Waals surface area contributed by atoms with Gasteiger partial charge < -0.3 is 9.80 Å². The van der Waals surface area contributed by atoms with Crippen molar-refractivity contribution in [1.29, 1.82) is 0 Å². The number of carbonyl (C=O) groups is 1. The molecule has 3 nitrogen and oxygen atoms in total. The van der Waals surface area contributed by atoms with Gasteiger partial charge in [-0.2, -0.15) is 0 Å². The van der Waals surface area contributed by atoms with Crippen molar-refractivity contribution in [3.05, 3.63) is 35.9 Å². The molecule has 0 aliphatic carbocycles. The molecule has 1 aliphatic rings. The third-order valence-corrected chi connectivity index (χ3v) is 3.35. The van der Waals surface area contributed by atoms with Crippen molar-refractivity contribution in [1.82, 2.24) is 9.80 Å². The summed E-state index contributed by atoms with van der Waals surface area (Å²) in [6.07, 6.45) is 0.633. The van der Waals surface area contributed by atoms with Gasteiger partial charge in [-0.25, -0.2) is 0 Å². The summed E-state index contributed by atoms with van der Waals surface area (Å²) >= 11 is 0. The zero-order chi connectivity index (χ0) is 12.1. The number of likely N-dealkylation sites (N-methyl/N-ethyl adjacent to an activating group) is 1. The second kappa shape index (κ2) is 9.32. The van der Waals surface area contributed by atoms with Gasteiger partial charge in [-0.3, -0.25) is 4.79 Å². The summed E-state index contributed by atoms with van der Waals surface area (Å²) in [4.78, 5) is 16.6. The van der Waals surface area contributed by atoms with Gasteiger partial charge >= 0.3 is 0 Å². The van der Waals surface area contributed by atoms with Crippen molar-refractivity contribution >= 4 is 30.6 Å². The minimum absolute atomic E-state index is 0. The number of benzene rings is 1. The summed E-state index contributed by atoms with van der Waals surface area (Å²) in [5, 5.41) is 0. The molecular formula is C14H22Cl2N2O. The van der Waals surface area contributed by atoms with Crippen molar-refractivity contribution < 1.29 is 4.79 Å². The third-order valence-electron chi connectivity index (χ3n) is 3.35. The fraction of sp³-hybridized carbons (Fsp3) is 0.500. The van der Waals surface area contributed by atoms with Crippen molar-refractivity contribution in [2.45, 2.75) is 6.42 Å². The topological polar surface area (TPSA) is 23.6 Å². The maximum Gasteiger partial charge on any atom is 0.164 e. The van der Waals surface area contributed by atoms with E-state index in [0.717, 1.165) is 38.3 Å². The van der Waals surface area contributed by atoms with E-state index < -0.39 is 0 Å². The summed E-state index contributed by atoms with van der Waals surface area (Å²) in [6, 6.07) is 9.57. The molecule has 0 radical (unpaired) electrons. The number of ketones is 1. The highest BCUT2D eigenvalue weighted by Crippen LogP contribution is 2.05. The first-order valence-corrected chi connectivity index (χ1v) is 6.25. The van der Waals surface area contributed by atoms with E-state index in [1.165, 1.54) is 0 Å². The molecule has 5 heteroatoms. The van der Waals surface area contributed by atoms with E-state index in [1.807, 2.05) is 30.3 Å². The second-order valence-electron chi connectivity index (χ2n) is 4.68. The SMILES string of the molecule is CN1CCN(CCC(=O)c2ccccc2)CC1.Cl.Cl. The minimum atomic E-state index is 0. The Balaban J connectivity index is 0.00000162. The zero-order valence-corrected chi connectivity index (χ0v) is 12.9. The van der Waals surface area contributed by atoms with Gasteiger partial charge in [0.05, 0.1) is 0 Å². The molecule has 19 heavy (non-hydrogen) atoms. The highest BCUT2D eigenvalue weighted by atomic mass is 35.5. The van der Waals surface area contributed by atoms with Gasteiger partial charge in [-0.1, -0.05) is 30.3 Å². The monoisotopic (exact) mass is 304 g/mol. The molecule has 0 unspecified atom stereocenters. The van der Waals surface area contributed by atoms with Crippen LogP contribution in [-0.4, -0.2) is 55.4 Å². The van der Waals surface area contributed by atoms with Crippen molar-refractivity contribution in [2.75, 3.05) is 39.8 Å². The lowest BCUT2D eigenvalue weighted by molar-refractivity contribution is 0.0942. The molecule has 0 atom stereocenters. The van der Waals surface area contributed by atoms with Gasteiger partial charge in [-0.15, -0.1) is 24.8 Å². The fourth-order valence-corrected chi connectivity index (χ4v) is 2.10. The van der Waals surface area contributed by atoms with Crippen LogP contribution < -0.4 is 0 Å². The summed E-state index contributed by atoms with van der Waals surface area (Å²) in [5.41, 5.74) is 0.835. The quantitative estimate of drug-likeness (QED) is 0.798. The van der Waals surface area contributed by atoms with Crippen LogP contribution in [0.25, 0.3) is 0 Å². The van der Waals surface area contributed by atoms with E-state index in [4.69, 9.17) is 0 Å². The highest BCUT2D eigenvalue weighted by Gasteiger charge is 2.14. The third kappa shape index (κ3) is 5.91. The van der Waals surface area contributed by atoms with Crippen LogP contribution in [0.1, 0.15) is 16.8 Å². The Bertz CT molecular complexity index is 365. The van der Waals surface area contributed by atoms with E-state index in [0.29, 0.717) is 6.42 Å². The number of piperazine rings is 1. The number of hydrogen-bond donors (Lipinski definition) is 0. The van der Waals surface area contributed by atoms with E-state index >= 15 is 0 Å². The average Bonchev–Trinajstić information content (AvgIpc) is 2.39. The highest BCUT2D eigenvalue weighted by molar-refractivity contribution is 5.96. The van der Waals surface area contributed by atoms with Gasteiger partial charge in [0, 0.05) is 44.7 Å². The summed E-state index contributed by atoms with van der Waals surface area (Å²) < 4.78 is 0. The predicted octanol–water partition coefficient (Wildman–Crippen LogP) is 2.35. The molecule has 0 amide bonds. The van der Waals surface area contributed by atoms with Gasteiger partial charge in [0.25, 0.3) is 0 Å². The number of nitrogens with zero attached hydrogens (tertiary/aromatic N) is 2. The van der Waals surface area contributed by atoms with Crippen LogP contribution in [0.15, 0.2) is 30.3 Å². The first-order chi connectivity index (χ1) is 8.25. The minimum Gasteiger partial charge on any atom is -0.304 e. The van der Waals surface area contributed by atoms with Crippen LogP contribution >= 0.6 is 24.8 Å². The summed E-state index contributed by atoms with van der Waals surface area (Å²) in [7, 11) is 2.15. The van der Waals surface area contributed by atoms with Gasteiger partial charge in [-0.05, 0) is 7.05 Å².